The summed E-state index contributed by atoms with van der Waals surface area (Å²) in [4.78, 5) is 0. The van der Waals surface area contributed by atoms with Gasteiger partial charge in [-0.2, -0.15) is 0 Å². The third-order valence-electron chi connectivity index (χ3n) is 2.84. The molecule has 20 heavy (non-hydrogen) atoms. The molecule has 0 aromatic heterocycles. The lowest BCUT2D eigenvalue weighted by Gasteiger charge is -2.14. The average Bonchev–Trinajstić information content (AvgIpc) is 2.41. The molecule has 0 aliphatic heterocycles. The van der Waals surface area contributed by atoms with Gasteiger partial charge in [0.05, 0.1) is 16.1 Å². The van der Waals surface area contributed by atoms with E-state index in [1.807, 2.05) is 0 Å². The van der Waals surface area contributed by atoms with Crippen LogP contribution in [0, 0.1) is 5.82 Å². The summed E-state index contributed by atoms with van der Waals surface area (Å²) in [5.74, 6) is -0.00789. The number of benzene rings is 2. The number of hydrogen-bond donors (Lipinski definition) is 1. The van der Waals surface area contributed by atoms with Crippen LogP contribution >= 0.6 is 23.2 Å². The second-order valence-electron chi connectivity index (χ2n) is 4.36. The van der Waals surface area contributed by atoms with Gasteiger partial charge in [-0.25, -0.2) is 4.39 Å². The van der Waals surface area contributed by atoms with E-state index < -0.39 is 11.9 Å². The molecule has 0 aliphatic rings. The van der Waals surface area contributed by atoms with Gasteiger partial charge in [-0.15, -0.1) is 0 Å². The fourth-order valence-corrected chi connectivity index (χ4v) is 2.17. The maximum atomic E-state index is 13.2. The molecule has 0 amide bonds. The maximum Gasteiger partial charge on any atom is 0.125 e. The van der Waals surface area contributed by atoms with Gasteiger partial charge in [-0.1, -0.05) is 35.3 Å². The molecule has 0 aliphatic carbocycles. The van der Waals surface area contributed by atoms with Crippen LogP contribution in [0.3, 0.4) is 0 Å². The van der Waals surface area contributed by atoms with Crippen LogP contribution in [0.4, 0.5) is 4.39 Å². The largest absolute Gasteiger partial charge is 0.488 e. The van der Waals surface area contributed by atoms with Crippen molar-refractivity contribution in [3.63, 3.8) is 0 Å². The Hall–Kier alpha value is -1.29. The van der Waals surface area contributed by atoms with E-state index in [9.17, 15) is 9.50 Å². The summed E-state index contributed by atoms with van der Waals surface area (Å²) in [6.45, 7) is 1.73. The zero-order chi connectivity index (χ0) is 14.7. The zero-order valence-electron chi connectivity index (χ0n) is 10.7. The summed E-state index contributed by atoms with van der Waals surface area (Å²) in [5, 5.41) is 10.5. The van der Waals surface area contributed by atoms with E-state index in [1.54, 1.807) is 25.1 Å². The third kappa shape index (κ3) is 3.42. The average molecular weight is 315 g/mol. The smallest absolute Gasteiger partial charge is 0.125 e. The first-order chi connectivity index (χ1) is 9.49. The van der Waals surface area contributed by atoms with E-state index in [0.29, 0.717) is 21.4 Å². The summed E-state index contributed by atoms with van der Waals surface area (Å²) >= 11 is 12.0. The van der Waals surface area contributed by atoms with Crippen LogP contribution in [-0.4, -0.2) is 5.11 Å². The number of halogens is 3. The van der Waals surface area contributed by atoms with E-state index in [4.69, 9.17) is 27.9 Å². The van der Waals surface area contributed by atoms with Gasteiger partial charge >= 0.3 is 0 Å². The topological polar surface area (TPSA) is 29.5 Å². The second-order valence-corrected chi connectivity index (χ2v) is 5.14. The number of rotatable bonds is 4. The fraction of sp³-hybridized carbons (Fsp3) is 0.200. The van der Waals surface area contributed by atoms with Crippen molar-refractivity contribution >= 4 is 23.2 Å². The minimum Gasteiger partial charge on any atom is -0.488 e. The molecule has 0 unspecified atom stereocenters. The first kappa shape index (κ1) is 15.1. The van der Waals surface area contributed by atoms with Crippen LogP contribution in [-0.2, 0) is 6.61 Å². The summed E-state index contributed by atoms with van der Waals surface area (Å²) in [6, 6.07) is 9.26. The molecule has 0 saturated heterocycles. The molecular weight excluding hydrogens is 302 g/mol. The van der Waals surface area contributed by atoms with Crippen LogP contribution in [0.2, 0.25) is 10.0 Å². The molecule has 5 heteroatoms. The maximum absolute atomic E-state index is 13.2. The first-order valence-electron chi connectivity index (χ1n) is 6.02. The fourth-order valence-electron chi connectivity index (χ4n) is 1.79. The molecule has 1 N–H and O–H groups in total. The van der Waals surface area contributed by atoms with Gasteiger partial charge in [0.2, 0.25) is 0 Å². The lowest BCUT2D eigenvalue weighted by atomic mass is 10.1. The van der Waals surface area contributed by atoms with Gasteiger partial charge in [0.15, 0.2) is 0 Å². The van der Waals surface area contributed by atoms with E-state index in [-0.39, 0.29) is 6.61 Å². The SMILES string of the molecule is C[C@H](O)c1cc(F)ccc1OCc1cccc(Cl)c1Cl. The Labute approximate surface area is 126 Å². The van der Waals surface area contributed by atoms with Crippen molar-refractivity contribution in [2.24, 2.45) is 0 Å². The Balaban J connectivity index is 2.21. The monoisotopic (exact) mass is 314 g/mol. The predicted octanol–water partition coefficient (Wildman–Crippen LogP) is 4.76. The van der Waals surface area contributed by atoms with Crippen LogP contribution < -0.4 is 4.74 Å². The van der Waals surface area contributed by atoms with E-state index in [0.717, 1.165) is 5.56 Å². The number of aliphatic hydroxyl groups is 1. The Bertz CT molecular complexity index is 615. The standard InChI is InChI=1S/C15H13Cl2FO2/c1-9(19)12-7-11(18)5-6-14(12)20-8-10-3-2-4-13(16)15(10)17/h2-7,9,19H,8H2,1H3/t9-/m0/s1. The van der Waals surface area contributed by atoms with Gasteiger partial charge in [0.1, 0.15) is 18.2 Å². The van der Waals surface area contributed by atoms with E-state index in [1.165, 1.54) is 18.2 Å². The van der Waals surface area contributed by atoms with Crippen molar-refractivity contribution in [1.29, 1.82) is 0 Å². The Morgan fingerprint density at radius 1 is 1.25 bits per heavy atom. The molecule has 0 heterocycles. The molecule has 2 rings (SSSR count). The van der Waals surface area contributed by atoms with Gasteiger partial charge in [-0.3, -0.25) is 0 Å². The predicted molar refractivity (Wildman–Crippen MR) is 77.8 cm³/mol. The minimum atomic E-state index is -0.824. The quantitative estimate of drug-likeness (QED) is 0.881. The van der Waals surface area contributed by atoms with Crippen LogP contribution in [0.25, 0.3) is 0 Å². The van der Waals surface area contributed by atoms with Crippen LogP contribution in [0.1, 0.15) is 24.2 Å². The highest BCUT2D eigenvalue weighted by Crippen LogP contribution is 2.29. The van der Waals surface area contributed by atoms with Gasteiger partial charge in [0.25, 0.3) is 0 Å². The molecule has 2 nitrogen and oxygen atoms in total. The Morgan fingerprint density at radius 3 is 2.70 bits per heavy atom. The molecule has 1 atom stereocenters. The zero-order valence-corrected chi connectivity index (χ0v) is 12.2. The highest BCUT2D eigenvalue weighted by Gasteiger charge is 2.12. The summed E-state index contributed by atoms with van der Waals surface area (Å²) in [7, 11) is 0. The molecule has 2 aromatic carbocycles. The van der Waals surface area contributed by atoms with Gasteiger partial charge < -0.3 is 9.84 Å². The second kappa shape index (κ2) is 6.44. The summed E-state index contributed by atoms with van der Waals surface area (Å²) in [6.07, 6.45) is -0.824. The first-order valence-corrected chi connectivity index (χ1v) is 6.78. The minimum absolute atomic E-state index is 0.185. The van der Waals surface area contributed by atoms with Gasteiger partial charge in [-0.05, 0) is 31.2 Å². The van der Waals surface area contributed by atoms with Crippen molar-refractivity contribution in [1.82, 2.24) is 0 Å². The molecule has 0 spiro atoms. The van der Waals surface area contributed by atoms with Gasteiger partial charge in [0, 0.05) is 11.1 Å². The van der Waals surface area contributed by atoms with Crippen LogP contribution in [0.5, 0.6) is 5.75 Å². The summed E-state index contributed by atoms with van der Waals surface area (Å²) in [5.41, 5.74) is 1.11. The lowest BCUT2D eigenvalue weighted by Crippen LogP contribution is -2.02. The highest BCUT2D eigenvalue weighted by atomic mass is 35.5. The number of hydrogen-bond acceptors (Lipinski definition) is 2. The molecule has 0 fully saturated rings. The number of ether oxygens (including phenoxy) is 1. The molecular formula is C15H13Cl2FO2. The Morgan fingerprint density at radius 2 is 2.00 bits per heavy atom. The Kier molecular flexibility index (Phi) is 4.86. The van der Waals surface area contributed by atoms with Crippen molar-refractivity contribution in [2.75, 3.05) is 0 Å². The molecule has 106 valence electrons. The van der Waals surface area contributed by atoms with Crippen LogP contribution in [0.15, 0.2) is 36.4 Å². The molecule has 0 radical (unpaired) electrons. The third-order valence-corrected chi connectivity index (χ3v) is 3.69. The molecule has 0 bridgehead atoms. The van der Waals surface area contributed by atoms with Crippen molar-refractivity contribution in [3.8, 4) is 5.75 Å². The van der Waals surface area contributed by atoms with Crippen molar-refractivity contribution < 1.29 is 14.2 Å². The number of aliphatic hydroxyl groups excluding tert-OH is 1. The van der Waals surface area contributed by atoms with Crippen molar-refractivity contribution in [2.45, 2.75) is 19.6 Å². The van der Waals surface area contributed by atoms with Crippen molar-refractivity contribution in [3.05, 3.63) is 63.4 Å². The summed E-state index contributed by atoms with van der Waals surface area (Å²) < 4.78 is 18.8. The molecule has 0 saturated carbocycles. The lowest BCUT2D eigenvalue weighted by molar-refractivity contribution is 0.189. The van der Waals surface area contributed by atoms with E-state index in [2.05, 4.69) is 0 Å². The van der Waals surface area contributed by atoms with E-state index >= 15 is 0 Å². The highest BCUT2D eigenvalue weighted by molar-refractivity contribution is 6.42. The molecule has 2 aromatic rings. The normalized spacial score (nSPS) is 12.2.